The van der Waals surface area contributed by atoms with Crippen LogP contribution in [0.4, 0.5) is 14.5 Å². The van der Waals surface area contributed by atoms with Crippen molar-refractivity contribution < 1.29 is 27.8 Å². The molecule has 9 heteroatoms. The van der Waals surface area contributed by atoms with E-state index in [-0.39, 0.29) is 14.6 Å². The van der Waals surface area contributed by atoms with Crippen LogP contribution in [0.2, 0.25) is 0 Å². The highest BCUT2D eigenvalue weighted by atomic mass is 79.9. The van der Waals surface area contributed by atoms with E-state index in [1.165, 1.54) is 0 Å². The second kappa shape index (κ2) is 7.51. The van der Waals surface area contributed by atoms with Gasteiger partial charge in [-0.25, -0.2) is 18.4 Å². The molecule has 21 heavy (non-hydrogen) atoms. The fourth-order valence-corrected chi connectivity index (χ4v) is 2.42. The fraction of sp³-hybridized carbons (Fsp3) is 0.167. The molecule has 5 nitrogen and oxygen atoms in total. The minimum Gasteiger partial charge on any atom is -0.466 e. The average molecular weight is 429 g/mol. The van der Waals surface area contributed by atoms with Crippen molar-refractivity contribution in [1.82, 2.24) is 0 Å². The summed E-state index contributed by atoms with van der Waals surface area (Å²) in [4.78, 5) is 22.7. The molecular weight excluding hydrogens is 420 g/mol. The van der Waals surface area contributed by atoms with E-state index in [1.807, 2.05) is 0 Å². The Morgan fingerprint density at radius 1 is 1.24 bits per heavy atom. The first-order valence-electron chi connectivity index (χ1n) is 5.29. The molecule has 1 N–H and O–H groups in total. The van der Waals surface area contributed by atoms with Crippen molar-refractivity contribution in [2.45, 2.75) is 0 Å². The van der Waals surface area contributed by atoms with Gasteiger partial charge in [0, 0.05) is 0 Å². The number of esters is 2. The van der Waals surface area contributed by atoms with E-state index in [0.29, 0.717) is 0 Å². The molecule has 0 spiro atoms. The number of carbonyl (C=O) groups is 2. The number of ether oxygens (including phenoxy) is 2. The summed E-state index contributed by atoms with van der Waals surface area (Å²) < 4.78 is 36.0. The van der Waals surface area contributed by atoms with E-state index >= 15 is 0 Å². The van der Waals surface area contributed by atoms with E-state index in [4.69, 9.17) is 0 Å². The molecule has 0 radical (unpaired) electrons. The molecule has 0 amide bonds. The van der Waals surface area contributed by atoms with E-state index in [0.717, 1.165) is 26.4 Å². The number of benzene rings is 1. The van der Waals surface area contributed by atoms with Crippen molar-refractivity contribution >= 4 is 49.5 Å². The summed E-state index contributed by atoms with van der Waals surface area (Å²) in [6, 6.07) is 0.871. The molecular formula is C12H9Br2F2NO4. The Labute approximate surface area is 135 Å². The van der Waals surface area contributed by atoms with E-state index in [9.17, 15) is 18.4 Å². The number of halogens is 4. The predicted molar refractivity (Wildman–Crippen MR) is 77.5 cm³/mol. The van der Waals surface area contributed by atoms with Gasteiger partial charge in [-0.15, -0.1) is 0 Å². The van der Waals surface area contributed by atoms with Gasteiger partial charge in [-0.1, -0.05) is 0 Å². The molecule has 0 bridgehead atoms. The summed E-state index contributed by atoms with van der Waals surface area (Å²) in [5, 5.41) is 2.30. The lowest BCUT2D eigenvalue weighted by molar-refractivity contribution is -0.138. The maximum atomic E-state index is 13.9. The molecule has 1 rings (SSSR count). The molecule has 0 aliphatic carbocycles. The lowest BCUT2D eigenvalue weighted by Crippen LogP contribution is -2.16. The molecule has 0 saturated carbocycles. The zero-order chi connectivity index (χ0) is 16.2. The van der Waals surface area contributed by atoms with Crippen molar-refractivity contribution in [2.24, 2.45) is 0 Å². The lowest BCUT2D eigenvalue weighted by atomic mass is 10.2. The van der Waals surface area contributed by atoms with Crippen LogP contribution in [0, 0.1) is 11.6 Å². The maximum absolute atomic E-state index is 13.9. The third-order valence-corrected chi connectivity index (χ3v) is 3.56. The van der Waals surface area contributed by atoms with Gasteiger partial charge in [0.15, 0.2) is 5.82 Å². The Morgan fingerprint density at radius 2 is 1.86 bits per heavy atom. The van der Waals surface area contributed by atoms with Crippen LogP contribution >= 0.6 is 31.9 Å². The Kier molecular flexibility index (Phi) is 6.28. The van der Waals surface area contributed by atoms with Crippen LogP contribution in [0.5, 0.6) is 0 Å². The first-order valence-corrected chi connectivity index (χ1v) is 6.88. The molecule has 0 atom stereocenters. The van der Waals surface area contributed by atoms with Crippen molar-refractivity contribution in [3.05, 3.63) is 38.4 Å². The van der Waals surface area contributed by atoms with Crippen LogP contribution in [0.3, 0.4) is 0 Å². The van der Waals surface area contributed by atoms with Gasteiger partial charge in [0.05, 0.1) is 34.9 Å². The van der Waals surface area contributed by atoms with E-state index in [1.54, 1.807) is 0 Å². The molecule has 0 heterocycles. The molecule has 0 aliphatic heterocycles. The number of anilines is 1. The Balaban J connectivity index is 3.28. The van der Waals surface area contributed by atoms with Gasteiger partial charge in [0.25, 0.3) is 0 Å². The van der Waals surface area contributed by atoms with Crippen LogP contribution in [0.1, 0.15) is 0 Å². The molecule has 114 valence electrons. The lowest BCUT2D eigenvalue weighted by Gasteiger charge is -2.13. The van der Waals surface area contributed by atoms with Gasteiger partial charge in [-0.2, -0.15) is 0 Å². The minimum absolute atomic E-state index is 0.103. The molecule has 0 fully saturated rings. The highest BCUT2D eigenvalue weighted by Gasteiger charge is 2.20. The number of carbonyl (C=O) groups excluding carboxylic acids is 2. The van der Waals surface area contributed by atoms with Gasteiger partial charge < -0.3 is 14.8 Å². The maximum Gasteiger partial charge on any atom is 0.354 e. The highest BCUT2D eigenvalue weighted by Crippen LogP contribution is 2.34. The molecule has 0 aliphatic rings. The summed E-state index contributed by atoms with van der Waals surface area (Å²) in [6.07, 6.45) is 0.762. The first-order chi connectivity index (χ1) is 9.81. The van der Waals surface area contributed by atoms with Gasteiger partial charge >= 0.3 is 11.9 Å². The molecule has 0 aromatic heterocycles. The standard InChI is InChI=1S/C12H9Br2F2NO4/c1-20-8(18)4-7(12(19)21-2)17-11-6(15)3-5(13)10(16)9(11)14/h3-4,17H,1-2H3/b7-4+. The molecule has 1 aromatic rings. The molecule has 0 saturated heterocycles. The van der Waals surface area contributed by atoms with E-state index in [2.05, 4.69) is 46.7 Å². The Morgan fingerprint density at radius 3 is 2.38 bits per heavy atom. The Bertz CT molecular complexity index is 620. The normalized spacial score (nSPS) is 11.0. The summed E-state index contributed by atoms with van der Waals surface area (Å²) in [6.45, 7) is 0. The largest absolute Gasteiger partial charge is 0.466 e. The third kappa shape index (κ3) is 4.24. The smallest absolute Gasteiger partial charge is 0.354 e. The van der Waals surface area contributed by atoms with Gasteiger partial charge in [0.1, 0.15) is 11.5 Å². The van der Waals surface area contributed by atoms with Crippen molar-refractivity contribution in [1.29, 1.82) is 0 Å². The first kappa shape index (κ1) is 17.6. The second-order valence-corrected chi connectivity index (χ2v) is 5.19. The van der Waals surface area contributed by atoms with Crippen LogP contribution in [-0.2, 0) is 19.1 Å². The van der Waals surface area contributed by atoms with Crippen molar-refractivity contribution in [2.75, 3.05) is 19.5 Å². The van der Waals surface area contributed by atoms with E-state index < -0.39 is 29.3 Å². The van der Waals surface area contributed by atoms with Gasteiger partial charge in [-0.3, -0.25) is 0 Å². The van der Waals surface area contributed by atoms with Crippen LogP contribution in [-0.4, -0.2) is 26.2 Å². The highest BCUT2D eigenvalue weighted by molar-refractivity contribution is 9.11. The minimum atomic E-state index is -0.949. The number of hydrogen-bond acceptors (Lipinski definition) is 5. The average Bonchev–Trinajstić information content (AvgIpc) is 2.46. The summed E-state index contributed by atoms with van der Waals surface area (Å²) in [5.41, 5.74) is -0.776. The summed E-state index contributed by atoms with van der Waals surface area (Å²) in [7, 11) is 2.17. The molecule has 0 unspecified atom stereocenters. The van der Waals surface area contributed by atoms with Crippen molar-refractivity contribution in [3.8, 4) is 0 Å². The fourth-order valence-electron chi connectivity index (χ4n) is 1.25. The zero-order valence-electron chi connectivity index (χ0n) is 10.8. The van der Waals surface area contributed by atoms with Gasteiger partial charge in [-0.05, 0) is 37.9 Å². The van der Waals surface area contributed by atoms with Crippen LogP contribution < -0.4 is 5.32 Å². The topological polar surface area (TPSA) is 64.6 Å². The summed E-state index contributed by atoms with van der Waals surface area (Å²) in [5.74, 6) is -3.44. The van der Waals surface area contributed by atoms with Gasteiger partial charge in [0.2, 0.25) is 0 Å². The number of hydrogen-bond donors (Lipinski definition) is 1. The SMILES string of the molecule is COC(=O)/C=C(/Nc1c(F)cc(Br)c(F)c1Br)C(=O)OC. The third-order valence-electron chi connectivity index (χ3n) is 2.24. The molecule has 1 aromatic carbocycles. The zero-order valence-corrected chi connectivity index (χ0v) is 14.0. The van der Waals surface area contributed by atoms with Crippen LogP contribution in [0.25, 0.3) is 0 Å². The van der Waals surface area contributed by atoms with Crippen LogP contribution in [0.15, 0.2) is 26.8 Å². The number of nitrogens with one attached hydrogen (secondary N) is 1. The summed E-state index contributed by atoms with van der Waals surface area (Å²) >= 11 is 5.70. The number of methoxy groups -OCH3 is 2. The predicted octanol–water partition coefficient (Wildman–Crippen LogP) is 3.13. The number of rotatable bonds is 4. The quantitative estimate of drug-likeness (QED) is 0.345. The second-order valence-electron chi connectivity index (χ2n) is 3.54. The monoisotopic (exact) mass is 427 g/mol. The van der Waals surface area contributed by atoms with Crippen molar-refractivity contribution in [3.63, 3.8) is 0 Å². The Hall–Kier alpha value is -1.48.